The van der Waals surface area contributed by atoms with E-state index in [9.17, 15) is 14.0 Å². The van der Waals surface area contributed by atoms with E-state index >= 15 is 0 Å². The number of amides is 1. The summed E-state index contributed by atoms with van der Waals surface area (Å²) in [5.74, 6) is -2.67. The topological polar surface area (TPSA) is 60.9 Å². The van der Waals surface area contributed by atoms with Crippen LogP contribution in [-0.4, -0.2) is 60.5 Å². The number of likely N-dealkylation sites (N-methyl/N-ethyl adjacent to an activating group) is 1. The van der Waals surface area contributed by atoms with Gasteiger partial charge in [0.25, 0.3) is 5.91 Å². The Kier molecular flexibility index (Phi) is 5.91. The van der Waals surface area contributed by atoms with Crippen LogP contribution in [0.4, 0.5) is 4.39 Å². The lowest BCUT2D eigenvalue weighted by Crippen LogP contribution is -2.40. The van der Waals surface area contributed by atoms with Crippen LogP contribution in [0.1, 0.15) is 10.4 Å². The number of rotatable bonds is 6. The van der Waals surface area contributed by atoms with Crippen LogP contribution in [0, 0.1) is 5.82 Å². The van der Waals surface area contributed by atoms with Gasteiger partial charge in [-0.15, -0.1) is 0 Å². The van der Waals surface area contributed by atoms with Gasteiger partial charge in [-0.1, -0.05) is 17.7 Å². The molecular weight excluding hydrogens is 287 g/mol. The second-order valence-corrected chi connectivity index (χ2v) is 4.93. The quantitative estimate of drug-likeness (QED) is 0.866. The summed E-state index contributed by atoms with van der Waals surface area (Å²) in [5.41, 5.74) is -0.225. The first-order chi connectivity index (χ1) is 9.32. The number of halogens is 2. The van der Waals surface area contributed by atoms with Crippen molar-refractivity contribution in [1.29, 1.82) is 0 Å². The molecule has 1 amide bonds. The Hall–Kier alpha value is -1.66. The van der Waals surface area contributed by atoms with Gasteiger partial charge >= 0.3 is 5.97 Å². The van der Waals surface area contributed by atoms with Crippen LogP contribution >= 0.6 is 11.6 Å². The molecule has 0 fully saturated rings. The molecule has 0 radical (unpaired) electrons. The lowest BCUT2D eigenvalue weighted by molar-refractivity contribution is -0.137. The Morgan fingerprint density at radius 3 is 2.50 bits per heavy atom. The van der Waals surface area contributed by atoms with Crippen molar-refractivity contribution in [1.82, 2.24) is 9.80 Å². The summed E-state index contributed by atoms with van der Waals surface area (Å²) in [6, 6.07) is 4.06. The number of carboxylic acids is 1. The molecule has 1 aromatic rings. The maximum absolute atomic E-state index is 13.8. The maximum atomic E-state index is 13.8. The molecule has 0 aromatic heterocycles. The molecule has 1 N–H and O–H groups in total. The number of carbonyl (C=O) groups excluding carboxylic acids is 1. The van der Waals surface area contributed by atoms with E-state index in [1.165, 1.54) is 18.2 Å². The van der Waals surface area contributed by atoms with Crippen LogP contribution in [0.2, 0.25) is 5.02 Å². The first kappa shape index (κ1) is 16.4. The van der Waals surface area contributed by atoms with Gasteiger partial charge in [0.1, 0.15) is 6.54 Å². The molecule has 0 saturated heterocycles. The minimum absolute atomic E-state index is 0.168. The fraction of sp³-hybridized carbons (Fsp3) is 0.385. The van der Waals surface area contributed by atoms with E-state index in [1.54, 1.807) is 19.0 Å². The normalized spacial score (nSPS) is 10.7. The van der Waals surface area contributed by atoms with E-state index in [0.717, 1.165) is 4.90 Å². The molecule has 1 aromatic carbocycles. The third-order valence-electron chi connectivity index (χ3n) is 2.61. The molecule has 0 aliphatic rings. The summed E-state index contributed by atoms with van der Waals surface area (Å²) in [6.45, 7) is 0.171. The first-order valence-corrected chi connectivity index (χ1v) is 6.30. The lowest BCUT2D eigenvalue weighted by Gasteiger charge is -2.23. The minimum atomic E-state index is -1.15. The molecule has 0 unspecified atom stereocenters. The maximum Gasteiger partial charge on any atom is 0.323 e. The summed E-state index contributed by atoms with van der Waals surface area (Å²) >= 11 is 5.63. The van der Waals surface area contributed by atoms with Crippen LogP contribution in [0.25, 0.3) is 0 Å². The molecule has 0 spiro atoms. The van der Waals surface area contributed by atoms with Gasteiger partial charge in [0.15, 0.2) is 5.82 Å². The van der Waals surface area contributed by atoms with Crippen molar-refractivity contribution < 1.29 is 19.1 Å². The molecule has 20 heavy (non-hydrogen) atoms. The average Bonchev–Trinajstić information content (AvgIpc) is 2.36. The fourth-order valence-electron chi connectivity index (χ4n) is 1.58. The van der Waals surface area contributed by atoms with Gasteiger partial charge in [-0.25, -0.2) is 4.39 Å². The Labute approximate surface area is 121 Å². The van der Waals surface area contributed by atoms with E-state index in [1.807, 2.05) is 0 Å². The monoisotopic (exact) mass is 302 g/mol. The lowest BCUT2D eigenvalue weighted by atomic mass is 10.2. The number of aliphatic carboxylic acids is 1. The highest BCUT2D eigenvalue weighted by Crippen LogP contribution is 2.19. The Balaban J connectivity index is 2.97. The van der Waals surface area contributed by atoms with Crippen LogP contribution in [0.3, 0.4) is 0 Å². The second kappa shape index (κ2) is 7.21. The number of benzene rings is 1. The standard InChI is InChI=1S/C13H16ClFN2O3/c1-16(2)6-7-17(8-11(18)19)13(20)9-4-3-5-10(14)12(9)15/h3-5H,6-8H2,1-2H3,(H,18,19). The molecule has 0 aliphatic heterocycles. The Morgan fingerprint density at radius 2 is 1.95 bits per heavy atom. The average molecular weight is 303 g/mol. The highest BCUT2D eigenvalue weighted by atomic mass is 35.5. The van der Waals surface area contributed by atoms with Gasteiger partial charge in [0.05, 0.1) is 10.6 Å². The predicted octanol–water partition coefficient (Wildman–Crippen LogP) is 1.57. The van der Waals surface area contributed by atoms with Crippen LogP contribution in [0.5, 0.6) is 0 Å². The fourth-order valence-corrected chi connectivity index (χ4v) is 1.75. The summed E-state index contributed by atoms with van der Waals surface area (Å²) in [7, 11) is 3.59. The van der Waals surface area contributed by atoms with Crippen molar-refractivity contribution in [3.05, 3.63) is 34.6 Å². The Bertz CT molecular complexity index is 508. The number of carbonyl (C=O) groups is 2. The number of nitrogens with zero attached hydrogens (tertiary/aromatic N) is 2. The first-order valence-electron chi connectivity index (χ1n) is 5.92. The summed E-state index contributed by atoms with van der Waals surface area (Å²) in [5, 5.41) is 8.67. The third kappa shape index (κ3) is 4.47. The van der Waals surface area contributed by atoms with Crippen LogP contribution < -0.4 is 0 Å². The molecule has 5 nitrogen and oxygen atoms in total. The molecule has 0 bridgehead atoms. The van der Waals surface area contributed by atoms with E-state index in [0.29, 0.717) is 6.54 Å². The molecule has 0 saturated carbocycles. The van der Waals surface area contributed by atoms with Crippen LogP contribution in [0.15, 0.2) is 18.2 Å². The zero-order chi connectivity index (χ0) is 15.3. The van der Waals surface area contributed by atoms with Gasteiger partial charge < -0.3 is 14.9 Å². The van der Waals surface area contributed by atoms with E-state index < -0.39 is 24.2 Å². The van der Waals surface area contributed by atoms with Gasteiger partial charge in [-0.2, -0.15) is 0 Å². The smallest absolute Gasteiger partial charge is 0.323 e. The van der Waals surface area contributed by atoms with E-state index in [-0.39, 0.29) is 17.1 Å². The van der Waals surface area contributed by atoms with Crippen molar-refractivity contribution in [2.24, 2.45) is 0 Å². The summed E-state index contributed by atoms with van der Waals surface area (Å²) in [4.78, 5) is 25.9. The van der Waals surface area contributed by atoms with Crippen molar-refractivity contribution in [2.75, 3.05) is 33.7 Å². The van der Waals surface area contributed by atoms with E-state index in [4.69, 9.17) is 16.7 Å². The van der Waals surface area contributed by atoms with Gasteiger partial charge in [0.2, 0.25) is 0 Å². The number of hydrogen-bond acceptors (Lipinski definition) is 3. The molecule has 0 aliphatic carbocycles. The van der Waals surface area contributed by atoms with Crippen molar-refractivity contribution >= 4 is 23.5 Å². The molecule has 7 heteroatoms. The van der Waals surface area contributed by atoms with Crippen molar-refractivity contribution in [3.8, 4) is 0 Å². The number of carboxylic acid groups (broad SMARTS) is 1. The number of hydrogen-bond donors (Lipinski definition) is 1. The van der Waals surface area contributed by atoms with E-state index in [2.05, 4.69) is 0 Å². The Morgan fingerprint density at radius 1 is 1.30 bits per heavy atom. The molecule has 110 valence electrons. The largest absolute Gasteiger partial charge is 0.480 e. The highest BCUT2D eigenvalue weighted by Gasteiger charge is 2.22. The SMILES string of the molecule is CN(C)CCN(CC(=O)O)C(=O)c1cccc(Cl)c1F. The predicted molar refractivity (Wildman–Crippen MR) is 73.5 cm³/mol. The molecule has 0 atom stereocenters. The highest BCUT2D eigenvalue weighted by molar-refractivity contribution is 6.31. The minimum Gasteiger partial charge on any atom is -0.480 e. The molecular formula is C13H16ClFN2O3. The zero-order valence-electron chi connectivity index (χ0n) is 11.3. The molecule has 0 heterocycles. The van der Waals surface area contributed by atoms with Crippen molar-refractivity contribution in [2.45, 2.75) is 0 Å². The zero-order valence-corrected chi connectivity index (χ0v) is 12.0. The van der Waals surface area contributed by atoms with Crippen LogP contribution in [-0.2, 0) is 4.79 Å². The third-order valence-corrected chi connectivity index (χ3v) is 2.90. The molecule has 1 rings (SSSR count). The van der Waals surface area contributed by atoms with Crippen molar-refractivity contribution in [3.63, 3.8) is 0 Å². The summed E-state index contributed by atoms with van der Waals surface area (Å²) < 4.78 is 13.8. The van der Waals surface area contributed by atoms with Gasteiger partial charge in [0, 0.05) is 13.1 Å². The summed E-state index contributed by atoms with van der Waals surface area (Å²) in [6.07, 6.45) is 0. The van der Waals surface area contributed by atoms with Gasteiger partial charge in [-0.3, -0.25) is 9.59 Å². The van der Waals surface area contributed by atoms with Gasteiger partial charge in [-0.05, 0) is 26.2 Å². The second-order valence-electron chi connectivity index (χ2n) is 4.53.